The van der Waals surface area contributed by atoms with Gasteiger partial charge in [-0.05, 0) is 48.3 Å². The number of carbonyl (C=O) groups is 4. The summed E-state index contributed by atoms with van der Waals surface area (Å²) in [6, 6.07) is 4.27. The maximum Gasteiger partial charge on any atom is 0.410 e. The molecule has 1 aromatic rings. The van der Waals surface area contributed by atoms with E-state index in [0.717, 1.165) is 48.8 Å². The SMILES string of the molecule is COC(=O)[C@@H]1C[C@@H]2CN1C(=O)[C@H](C1CCCCC1)NC(=O)OCCC/C=C/c1cccc3c1CN(C3)C(=O)O2. The average Bonchev–Trinajstić information content (AvgIpc) is 3.58. The molecule has 1 saturated carbocycles. The predicted octanol–water partition coefficient (Wildman–Crippen LogP) is 3.76. The van der Waals surface area contributed by atoms with E-state index < -0.39 is 36.3 Å². The van der Waals surface area contributed by atoms with Crippen molar-refractivity contribution >= 4 is 30.1 Å². The number of carbonyl (C=O) groups excluding carboxylic acids is 4. The number of hydrogen-bond acceptors (Lipinski definition) is 7. The molecule has 3 aliphatic heterocycles. The fourth-order valence-corrected chi connectivity index (χ4v) is 6.21. The first kappa shape index (κ1) is 27.0. The molecule has 3 amide bonds. The molecule has 3 atom stereocenters. The maximum absolute atomic E-state index is 13.9. The Morgan fingerprint density at radius 3 is 2.69 bits per heavy atom. The van der Waals surface area contributed by atoms with E-state index in [9.17, 15) is 19.2 Å². The number of allylic oxidation sites excluding steroid dienone is 1. The fraction of sp³-hybridized carbons (Fsp3) is 0.586. The van der Waals surface area contributed by atoms with Crippen molar-refractivity contribution in [2.45, 2.75) is 82.6 Å². The molecule has 1 aromatic carbocycles. The molecule has 39 heavy (non-hydrogen) atoms. The lowest BCUT2D eigenvalue weighted by Gasteiger charge is -2.34. The highest BCUT2D eigenvalue weighted by Gasteiger charge is 2.46. The van der Waals surface area contributed by atoms with Crippen LogP contribution in [-0.2, 0) is 36.9 Å². The van der Waals surface area contributed by atoms with Gasteiger partial charge in [0.15, 0.2) is 0 Å². The highest BCUT2D eigenvalue weighted by molar-refractivity contribution is 5.90. The Morgan fingerprint density at radius 2 is 1.90 bits per heavy atom. The normalized spacial score (nSPS) is 27.5. The fourth-order valence-electron chi connectivity index (χ4n) is 6.21. The lowest BCUT2D eigenvalue weighted by molar-refractivity contribution is -0.152. The van der Waals surface area contributed by atoms with E-state index in [-0.39, 0.29) is 31.4 Å². The summed E-state index contributed by atoms with van der Waals surface area (Å²) < 4.78 is 16.3. The largest absolute Gasteiger partial charge is 0.467 e. The Balaban J connectivity index is 1.41. The van der Waals surface area contributed by atoms with Gasteiger partial charge in [-0.1, -0.05) is 49.6 Å². The summed E-state index contributed by atoms with van der Waals surface area (Å²) in [7, 11) is 1.27. The summed E-state index contributed by atoms with van der Waals surface area (Å²) >= 11 is 0. The number of amides is 3. The molecule has 1 saturated heterocycles. The van der Waals surface area contributed by atoms with Crippen LogP contribution in [-0.4, -0.2) is 72.3 Å². The third-order valence-electron chi connectivity index (χ3n) is 8.27. The quantitative estimate of drug-likeness (QED) is 0.450. The highest BCUT2D eigenvalue weighted by Crippen LogP contribution is 2.32. The van der Waals surface area contributed by atoms with Crippen molar-refractivity contribution in [2.24, 2.45) is 5.92 Å². The molecular weight excluding hydrogens is 502 g/mol. The molecule has 0 aromatic heterocycles. The lowest BCUT2D eigenvalue weighted by atomic mass is 9.83. The van der Waals surface area contributed by atoms with Crippen LogP contribution in [0, 0.1) is 5.92 Å². The maximum atomic E-state index is 13.9. The van der Waals surface area contributed by atoms with Crippen LogP contribution in [0.5, 0.6) is 0 Å². The first-order valence-electron chi connectivity index (χ1n) is 14.0. The van der Waals surface area contributed by atoms with Crippen LogP contribution in [0.1, 0.15) is 68.1 Å². The summed E-state index contributed by atoms with van der Waals surface area (Å²) in [6.45, 7) is 1.14. The molecule has 0 spiro atoms. The minimum atomic E-state index is -0.901. The summed E-state index contributed by atoms with van der Waals surface area (Å²) in [6.07, 6.45) is 8.40. The Hall–Kier alpha value is -3.56. The molecule has 5 rings (SSSR count). The first-order valence-corrected chi connectivity index (χ1v) is 14.0. The first-order chi connectivity index (χ1) is 18.9. The number of rotatable bonds is 2. The van der Waals surface area contributed by atoms with Crippen LogP contribution in [0.2, 0.25) is 0 Å². The molecular formula is C29H37N3O7. The predicted molar refractivity (Wildman–Crippen MR) is 141 cm³/mol. The number of fused-ring (bicyclic) bond motifs is 3. The summed E-state index contributed by atoms with van der Waals surface area (Å²) in [5, 5.41) is 2.81. The molecule has 0 unspecified atom stereocenters. The van der Waals surface area contributed by atoms with Crippen LogP contribution < -0.4 is 5.32 Å². The monoisotopic (exact) mass is 539 g/mol. The molecule has 0 radical (unpaired) electrons. The van der Waals surface area contributed by atoms with Crippen LogP contribution >= 0.6 is 0 Å². The van der Waals surface area contributed by atoms with E-state index in [1.54, 1.807) is 4.90 Å². The van der Waals surface area contributed by atoms with Gasteiger partial charge in [-0.3, -0.25) is 9.69 Å². The third kappa shape index (κ3) is 6.04. The number of esters is 1. The Kier molecular flexibility index (Phi) is 8.38. The second-order valence-electron chi connectivity index (χ2n) is 10.8. The average molecular weight is 540 g/mol. The summed E-state index contributed by atoms with van der Waals surface area (Å²) in [5.41, 5.74) is 3.18. The molecule has 10 heteroatoms. The van der Waals surface area contributed by atoms with Crippen molar-refractivity contribution in [3.05, 3.63) is 41.0 Å². The Bertz CT molecular complexity index is 1130. The second kappa shape index (κ2) is 12.1. The number of benzene rings is 1. The minimum Gasteiger partial charge on any atom is -0.467 e. The van der Waals surface area contributed by atoms with Gasteiger partial charge in [-0.15, -0.1) is 0 Å². The van der Waals surface area contributed by atoms with Gasteiger partial charge in [0.2, 0.25) is 5.91 Å². The molecule has 2 fully saturated rings. The van der Waals surface area contributed by atoms with Crippen molar-refractivity contribution < 1.29 is 33.4 Å². The van der Waals surface area contributed by atoms with Gasteiger partial charge in [0.1, 0.15) is 18.2 Å². The summed E-state index contributed by atoms with van der Waals surface area (Å²) in [5.74, 6) is -1.00. The standard InChI is InChI=1S/C29H37N3O7/c1-37-27(34)24-15-22-17-32(24)26(33)25(20-10-4-2-5-11-20)30-28(35)38-14-7-3-6-9-19-12-8-13-21-16-31(18-23(19)21)29(36)39-22/h6,8-9,12-13,20,22,24-25H,2-5,7,10-11,14-18H2,1H3,(H,30,35)/b9-6+/t22-,24+,25+/m1/s1. The number of nitrogens with one attached hydrogen (secondary N) is 1. The molecule has 1 aliphatic carbocycles. The number of cyclic esters (lactones) is 1. The van der Waals surface area contributed by atoms with Gasteiger partial charge in [0.25, 0.3) is 0 Å². The van der Waals surface area contributed by atoms with Gasteiger partial charge < -0.3 is 24.4 Å². The number of hydrogen-bond donors (Lipinski definition) is 1. The number of ether oxygens (including phenoxy) is 3. The zero-order valence-corrected chi connectivity index (χ0v) is 22.4. The van der Waals surface area contributed by atoms with Crippen LogP contribution in [0.3, 0.4) is 0 Å². The van der Waals surface area contributed by atoms with E-state index in [1.165, 1.54) is 12.0 Å². The molecule has 4 aliphatic rings. The van der Waals surface area contributed by atoms with Gasteiger partial charge in [-0.25, -0.2) is 14.4 Å². The minimum absolute atomic E-state index is 0.0546. The summed E-state index contributed by atoms with van der Waals surface area (Å²) in [4.78, 5) is 55.6. The molecule has 210 valence electrons. The molecule has 4 bridgehead atoms. The van der Waals surface area contributed by atoms with E-state index in [4.69, 9.17) is 14.2 Å². The Labute approximate surface area is 228 Å². The smallest absolute Gasteiger partial charge is 0.410 e. The molecule has 10 nitrogen and oxygen atoms in total. The van der Waals surface area contributed by atoms with Crippen molar-refractivity contribution in [2.75, 3.05) is 20.3 Å². The Morgan fingerprint density at radius 1 is 1.08 bits per heavy atom. The van der Waals surface area contributed by atoms with Gasteiger partial charge >= 0.3 is 18.2 Å². The highest BCUT2D eigenvalue weighted by atomic mass is 16.6. The van der Waals surface area contributed by atoms with Gasteiger partial charge in [0, 0.05) is 13.0 Å². The zero-order valence-electron chi connectivity index (χ0n) is 22.4. The number of nitrogens with zero attached hydrogens (tertiary/aromatic N) is 2. The van der Waals surface area contributed by atoms with Crippen molar-refractivity contribution in [3.63, 3.8) is 0 Å². The van der Waals surface area contributed by atoms with E-state index >= 15 is 0 Å². The number of alkyl carbamates (subject to hydrolysis) is 1. The van der Waals surface area contributed by atoms with Crippen LogP contribution in [0.25, 0.3) is 6.08 Å². The molecule has 3 heterocycles. The van der Waals surface area contributed by atoms with Crippen molar-refractivity contribution in [1.82, 2.24) is 15.1 Å². The van der Waals surface area contributed by atoms with Gasteiger partial charge in [-0.2, -0.15) is 0 Å². The van der Waals surface area contributed by atoms with E-state index in [2.05, 4.69) is 5.32 Å². The second-order valence-corrected chi connectivity index (χ2v) is 10.8. The van der Waals surface area contributed by atoms with Crippen molar-refractivity contribution in [1.29, 1.82) is 0 Å². The molecule has 1 N–H and O–H groups in total. The topological polar surface area (TPSA) is 114 Å². The van der Waals surface area contributed by atoms with Crippen LogP contribution in [0.4, 0.5) is 9.59 Å². The van der Waals surface area contributed by atoms with E-state index in [1.807, 2.05) is 30.4 Å². The zero-order chi connectivity index (χ0) is 27.4. The third-order valence-corrected chi connectivity index (χ3v) is 8.27. The van der Waals surface area contributed by atoms with E-state index in [0.29, 0.717) is 25.9 Å². The van der Waals surface area contributed by atoms with Gasteiger partial charge in [0.05, 0.1) is 26.8 Å². The van der Waals surface area contributed by atoms with Crippen molar-refractivity contribution in [3.8, 4) is 0 Å². The van der Waals surface area contributed by atoms with Crippen LogP contribution in [0.15, 0.2) is 24.3 Å². The number of methoxy groups -OCH3 is 1. The lowest BCUT2D eigenvalue weighted by Crippen LogP contribution is -2.55.